The lowest BCUT2D eigenvalue weighted by atomic mass is 10.1. The molecule has 0 saturated heterocycles. The fraction of sp³-hybridized carbons (Fsp3) is 0.167. The third kappa shape index (κ3) is 11.7. The topological polar surface area (TPSA) is 81.0 Å². The third-order valence-corrected chi connectivity index (χ3v) is 5.31. The van der Waals surface area contributed by atoms with Crippen LogP contribution in [0.5, 0.6) is 5.88 Å². The van der Waals surface area contributed by atoms with Gasteiger partial charge in [-0.05, 0) is 69.5 Å². The Balaban J connectivity index is 0.000000239. The molecule has 220 valence electrons. The minimum absolute atomic E-state index is 0.0206. The van der Waals surface area contributed by atoms with Crippen LogP contribution in [0.2, 0.25) is 10.6 Å². The van der Waals surface area contributed by atoms with Gasteiger partial charge in [0.05, 0.1) is 17.7 Å². The minimum atomic E-state index is -4.58. The lowest BCUT2D eigenvalue weighted by Crippen LogP contribution is -2.07. The average molecular weight is 694 g/mol. The standard InChI is InChI=1S/C12H7ClF4N2O.C8H6F4O.C4H2BrClN2/c13-11-18-4-3-10(19-11)20-6-7-1-2-8(5-9(7)14)12(15,16)17;9-7-3-6(8(10,11)12)2-1-5(7)4-13;5-3-1-2-7-4(6)8-3/h1-5H,6H2;1-3,13H,4H2;1-2H. The predicted molar refractivity (Wildman–Crippen MR) is 135 cm³/mol. The van der Waals surface area contributed by atoms with Crippen LogP contribution in [-0.4, -0.2) is 25.0 Å². The van der Waals surface area contributed by atoms with Gasteiger partial charge in [0.2, 0.25) is 16.4 Å². The molecule has 1 N–H and O–H groups in total. The highest BCUT2D eigenvalue weighted by Gasteiger charge is 2.31. The molecule has 0 amide bonds. The molecule has 2 heterocycles. The number of aliphatic hydroxyl groups is 1. The van der Waals surface area contributed by atoms with Crippen molar-refractivity contribution in [2.24, 2.45) is 0 Å². The Morgan fingerprint density at radius 2 is 1.22 bits per heavy atom. The first-order valence-corrected chi connectivity index (χ1v) is 12.2. The molecule has 0 saturated carbocycles. The van der Waals surface area contributed by atoms with E-state index in [0.29, 0.717) is 16.7 Å². The van der Waals surface area contributed by atoms with Crippen molar-refractivity contribution in [2.75, 3.05) is 0 Å². The lowest BCUT2D eigenvalue weighted by Gasteiger charge is -2.10. The summed E-state index contributed by atoms with van der Waals surface area (Å²) >= 11 is 14.0. The van der Waals surface area contributed by atoms with Crippen LogP contribution in [0.3, 0.4) is 0 Å². The van der Waals surface area contributed by atoms with E-state index in [1.165, 1.54) is 12.3 Å². The van der Waals surface area contributed by atoms with Gasteiger partial charge in [0.1, 0.15) is 22.8 Å². The normalized spacial score (nSPS) is 11.1. The van der Waals surface area contributed by atoms with Crippen molar-refractivity contribution in [3.63, 3.8) is 0 Å². The Hall–Kier alpha value is -3.14. The maximum atomic E-state index is 13.5. The first kappa shape index (κ1) is 34.1. The highest BCUT2D eigenvalue weighted by atomic mass is 79.9. The van der Waals surface area contributed by atoms with E-state index in [-0.39, 0.29) is 34.2 Å². The SMILES string of the molecule is Clc1nccc(Br)n1.Fc1cc(C(F)(F)F)ccc1COc1ccnc(Cl)n1.OCc1ccc(C(F)(F)F)cc1F. The summed E-state index contributed by atoms with van der Waals surface area (Å²) < 4.78 is 105. The number of hydrogen-bond donors (Lipinski definition) is 1. The fourth-order valence-electron chi connectivity index (χ4n) is 2.56. The Morgan fingerprint density at radius 1 is 0.732 bits per heavy atom. The van der Waals surface area contributed by atoms with Crippen LogP contribution in [0.15, 0.2) is 65.5 Å². The van der Waals surface area contributed by atoms with Crippen molar-refractivity contribution in [3.8, 4) is 5.88 Å². The van der Waals surface area contributed by atoms with Crippen molar-refractivity contribution in [2.45, 2.75) is 25.6 Å². The molecule has 0 fully saturated rings. The molecule has 0 radical (unpaired) electrons. The highest BCUT2D eigenvalue weighted by molar-refractivity contribution is 9.10. The molecule has 41 heavy (non-hydrogen) atoms. The molecule has 0 aliphatic heterocycles. The summed E-state index contributed by atoms with van der Waals surface area (Å²) in [5, 5.41) is 8.71. The number of ether oxygens (including phenoxy) is 1. The Labute approximate surface area is 245 Å². The van der Waals surface area contributed by atoms with Crippen LogP contribution in [0.4, 0.5) is 35.1 Å². The van der Waals surface area contributed by atoms with Crippen LogP contribution in [-0.2, 0) is 25.6 Å². The van der Waals surface area contributed by atoms with E-state index in [1.54, 1.807) is 12.3 Å². The fourth-order valence-corrected chi connectivity index (χ4v) is 3.23. The quantitative estimate of drug-likeness (QED) is 0.132. The summed E-state index contributed by atoms with van der Waals surface area (Å²) in [5.41, 5.74) is -2.27. The van der Waals surface area contributed by atoms with E-state index in [9.17, 15) is 35.1 Å². The number of benzene rings is 2. The summed E-state index contributed by atoms with van der Waals surface area (Å²) in [7, 11) is 0. The van der Waals surface area contributed by atoms with Gasteiger partial charge < -0.3 is 9.84 Å². The molecule has 2 aromatic carbocycles. The molecular formula is C24H15BrCl2F8N4O2. The molecular weight excluding hydrogens is 679 g/mol. The molecule has 0 unspecified atom stereocenters. The molecule has 17 heteroatoms. The van der Waals surface area contributed by atoms with E-state index < -0.39 is 41.7 Å². The van der Waals surface area contributed by atoms with E-state index in [0.717, 1.165) is 24.3 Å². The van der Waals surface area contributed by atoms with Crippen LogP contribution >= 0.6 is 39.1 Å². The molecule has 4 rings (SSSR count). The van der Waals surface area contributed by atoms with E-state index >= 15 is 0 Å². The zero-order chi connectivity index (χ0) is 30.8. The maximum absolute atomic E-state index is 13.5. The first-order valence-electron chi connectivity index (χ1n) is 10.7. The van der Waals surface area contributed by atoms with Crippen LogP contribution < -0.4 is 4.74 Å². The minimum Gasteiger partial charge on any atom is -0.473 e. The summed E-state index contributed by atoms with van der Waals surface area (Å²) in [4.78, 5) is 14.7. The highest BCUT2D eigenvalue weighted by Crippen LogP contribution is 2.31. The smallest absolute Gasteiger partial charge is 0.416 e. The van der Waals surface area contributed by atoms with E-state index in [1.807, 2.05) is 0 Å². The molecule has 0 aliphatic carbocycles. The largest absolute Gasteiger partial charge is 0.473 e. The predicted octanol–water partition coefficient (Wildman–Crippen LogP) is 8.10. The zero-order valence-electron chi connectivity index (χ0n) is 20.0. The second-order valence-corrected chi connectivity index (χ2v) is 8.86. The monoisotopic (exact) mass is 692 g/mol. The summed E-state index contributed by atoms with van der Waals surface area (Å²) in [6.07, 6.45) is -6.21. The molecule has 0 atom stereocenters. The Bertz CT molecular complexity index is 1430. The first-order chi connectivity index (χ1) is 19.1. The van der Waals surface area contributed by atoms with Gasteiger partial charge in [-0.3, -0.25) is 0 Å². The molecule has 0 aliphatic rings. The Kier molecular flexibility index (Phi) is 12.6. The second kappa shape index (κ2) is 15.2. The summed E-state index contributed by atoms with van der Waals surface area (Å²) in [6.45, 7) is -0.874. The van der Waals surface area contributed by atoms with Crippen LogP contribution in [0, 0.1) is 11.6 Å². The number of rotatable bonds is 4. The molecule has 0 bridgehead atoms. The van der Waals surface area contributed by atoms with Gasteiger partial charge in [-0.1, -0.05) is 12.1 Å². The van der Waals surface area contributed by atoms with Gasteiger partial charge in [-0.15, -0.1) is 0 Å². The average Bonchev–Trinajstić information content (AvgIpc) is 2.87. The van der Waals surface area contributed by atoms with E-state index in [2.05, 4.69) is 35.9 Å². The molecule has 4 aromatic rings. The molecule has 6 nitrogen and oxygen atoms in total. The van der Waals surface area contributed by atoms with Gasteiger partial charge >= 0.3 is 12.4 Å². The van der Waals surface area contributed by atoms with Crippen LogP contribution in [0.1, 0.15) is 22.3 Å². The van der Waals surface area contributed by atoms with E-state index in [4.69, 9.17) is 33.0 Å². The second-order valence-electron chi connectivity index (χ2n) is 7.37. The zero-order valence-corrected chi connectivity index (χ0v) is 23.1. The number of alkyl halides is 6. The van der Waals surface area contributed by atoms with Crippen molar-refractivity contribution in [3.05, 3.63) is 110 Å². The number of halogens is 11. The summed E-state index contributed by atoms with van der Waals surface area (Å²) in [6, 6.07) is 7.35. The summed E-state index contributed by atoms with van der Waals surface area (Å²) in [5.74, 6) is -1.94. The van der Waals surface area contributed by atoms with Gasteiger partial charge in [-0.2, -0.15) is 31.3 Å². The van der Waals surface area contributed by atoms with Crippen molar-refractivity contribution >= 4 is 39.1 Å². The maximum Gasteiger partial charge on any atom is 0.416 e. The number of nitrogens with zero attached hydrogens (tertiary/aromatic N) is 4. The van der Waals surface area contributed by atoms with Crippen molar-refractivity contribution in [1.29, 1.82) is 0 Å². The van der Waals surface area contributed by atoms with Gasteiger partial charge in [0.15, 0.2) is 0 Å². The lowest BCUT2D eigenvalue weighted by molar-refractivity contribution is -0.138. The Morgan fingerprint density at radius 3 is 1.61 bits per heavy atom. The van der Waals surface area contributed by atoms with Gasteiger partial charge in [0.25, 0.3) is 0 Å². The molecule has 2 aromatic heterocycles. The van der Waals surface area contributed by atoms with Crippen molar-refractivity contribution < 1.29 is 45.0 Å². The number of aromatic nitrogens is 4. The van der Waals surface area contributed by atoms with Gasteiger partial charge in [-0.25, -0.2) is 23.7 Å². The van der Waals surface area contributed by atoms with Gasteiger partial charge in [0, 0.05) is 29.6 Å². The third-order valence-electron chi connectivity index (χ3n) is 4.50. The molecule has 0 spiro atoms. The number of hydrogen-bond acceptors (Lipinski definition) is 6. The number of aliphatic hydroxyl groups excluding tert-OH is 1. The van der Waals surface area contributed by atoms with Crippen LogP contribution in [0.25, 0.3) is 0 Å². The van der Waals surface area contributed by atoms with Crippen molar-refractivity contribution in [1.82, 2.24) is 19.9 Å².